The number of ether oxygens (including phenoxy) is 2. The predicted molar refractivity (Wildman–Crippen MR) is 113 cm³/mol. The summed E-state index contributed by atoms with van der Waals surface area (Å²) < 4.78 is 10.4. The molecule has 0 aromatic heterocycles. The molecule has 4 atom stereocenters. The van der Waals surface area contributed by atoms with Crippen LogP contribution >= 0.6 is 0 Å². The quantitative estimate of drug-likeness (QED) is 0.435. The van der Waals surface area contributed by atoms with Gasteiger partial charge in [-0.25, -0.2) is 9.59 Å². The lowest BCUT2D eigenvalue weighted by Crippen LogP contribution is -2.53. The van der Waals surface area contributed by atoms with Crippen molar-refractivity contribution in [3.05, 3.63) is 0 Å². The Morgan fingerprint density at radius 2 is 1.07 bits per heavy atom. The second kappa shape index (κ2) is 10.6. The second-order valence-electron chi connectivity index (χ2n) is 9.89. The number of nitrogens with two attached hydrogens (primary N) is 2. The van der Waals surface area contributed by atoms with Gasteiger partial charge in [0.25, 0.3) is 0 Å². The number of piperidine rings is 2. The number of carbonyl (C=O) groups is 2. The molecule has 2 fully saturated rings. The summed E-state index contributed by atoms with van der Waals surface area (Å²) in [5, 5.41) is 19.0. The fourth-order valence-corrected chi connectivity index (χ4v) is 2.88. The number of hydrogen-bond acceptors (Lipinski definition) is 8. The van der Waals surface area contributed by atoms with Crippen LogP contribution < -0.4 is 11.5 Å². The van der Waals surface area contributed by atoms with E-state index in [1.54, 1.807) is 0 Å². The highest BCUT2D eigenvalue weighted by molar-refractivity contribution is 5.68. The number of rotatable bonds is 0. The molecule has 2 aliphatic heterocycles. The van der Waals surface area contributed by atoms with Crippen molar-refractivity contribution in [3.63, 3.8) is 0 Å². The van der Waals surface area contributed by atoms with Crippen LogP contribution in [0, 0.1) is 0 Å². The molecule has 0 aliphatic carbocycles. The summed E-state index contributed by atoms with van der Waals surface area (Å²) in [6.07, 6.45) is -0.833. The van der Waals surface area contributed by atoms with Gasteiger partial charge in [0.05, 0.1) is 25.3 Å². The Labute approximate surface area is 179 Å². The first kappa shape index (κ1) is 26.4. The lowest BCUT2D eigenvalue weighted by atomic mass is 10.0. The lowest BCUT2D eigenvalue weighted by Gasteiger charge is -2.35. The first-order valence-electron chi connectivity index (χ1n) is 10.4. The van der Waals surface area contributed by atoms with Crippen molar-refractivity contribution in [1.29, 1.82) is 0 Å². The minimum atomic E-state index is -0.647. The first-order valence-corrected chi connectivity index (χ1v) is 10.4. The Bertz CT molecular complexity index is 525. The molecule has 30 heavy (non-hydrogen) atoms. The molecule has 0 aromatic carbocycles. The van der Waals surface area contributed by atoms with Crippen LogP contribution in [0.15, 0.2) is 0 Å². The Hall–Kier alpha value is -1.62. The van der Waals surface area contributed by atoms with Crippen molar-refractivity contribution in [1.82, 2.24) is 9.80 Å². The van der Waals surface area contributed by atoms with Gasteiger partial charge in [0.2, 0.25) is 0 Å². The van der Waals surface area contributed by atoms with Gasteiger partial charge in [0, 0.05) is 25.2 Å². The maximum absolute atomic E-state index is 11.6. The number of likely N-dealkylation sites (tertiary alicyclic amines) is 2. The molecule has 2 saturated heterocycles. The zero-order valence-corrected chi connectivity index (χ0v) is 19.1. The number of aliphatic hydroxyl groups is 2. The van der Waals surface area contributed by atoms with E-state index in [1.807, 2.05) is 41.5 Å². The van der Waals surface area contributed by atoms with Gasteiger partial charge >= 0.3 is 12.2 Å². The highest BCUT2D eigenvalue weighted by Crippen LogP contribution is 2.16. The number of hydrogen-bond donors (Lipinski definition) is 4. The number of amides is 2. The summed E-state index contributed by atoms with van der Waals surface area (Å²) in [6.45, 7) is 12.5. The molecule has 0 saturated carbocycles. The predicted octanol–water partition coefficient (Wildman–Crippen LogP) is 0.631. The minimum absolute atomic E-state index is 0.233. The van der Waals surface area contributed by atoms with Gasteiger partial charge in [-0.1, -0.05) is 0 Å². The van der Waals surface area contributed by atoms with Gasteiger partial charge < -0.3 is 41.0 Å². The molecule has 10 heteroatoms. The molecule has 2 rings (SSSR count). The maximum Gasteiger partial charge on any atom is 0.410 e. The summed E-state index contributed by atoms with van der Waals surface area (Å²) in [7, 11) is 0. The van der Waals surface area contributed by atoms with Crippen molar-refractivity contribution in [2.75, 3.05) is 26.2 Å². The number of β-amino-alcohol motifs (C(OH)–C–C–N with tert-alkyl or cyclic N) is 2. The fraction of sp³-hybridized carbons (Fsp3) is 0.900. The van der Waals surface area contributed by atoms with Crippen LogP contribution in [0.5, 0.6) is 0 Å². The zero-order chi connectivity index (χ0) is 23.3. The van der Waals surface area contributed by atoms with Crippen LogP contribution in [-0.2, 0) is 9.47 Å². The zero-order valence-electron chi connectivity index (χ0n) is 19.1. The van der Waals surface area contributed by atoms with Crippen LogP contribution in [-0.4, -0.2) is 93.9 Å². The summed E-state index contributed by atoms with van der Waals surface area (Å²) in [4.78, 5) is 26.2. The Morgan fingerprint density at radius 1 is 0.767 bits per heavy atom. The van der Waals surface area contributed by atoms with Crippen LogP contribution in [0.4, 0.5) is 9.59 Å². The molecule has 0 radical (unpaired) electrons. The third-order valence-electron chi connectivity index (χ3n) is 4.57. The summed E-state index contributed by atoms with van der Waals surface area (Å²) >= 11 is 0. The van der Waals surface area contributed by atoms with Crippen molar-refractivity contribution in [2.45, 2.75) is 89.9 Å². The van der Waals surface area contributed by atoms with Gasteiger partial charge in [0.15, 0.2) is 0 Å². The molecular formula is C20H40N4O6. The number of aliphatic hydroxyl groups excluding tert-OH is 2. The Morgan fingerprint density at radius 3 is 1.30 bits per heavy atom. The van der Waals surface area contributed by atoms with Crippen molar-refractivity contribution in [2.24, 2.45) is 11.5 Å². The average Bonchev–Trinajstić information content (AvgIpc) is 2.57. The summed E-state index contributed by atoms with van der Waals surface area (Å²) in [5.74, 6) is 0. The van der Waals surface area contributed by atoms with E-state index in [9.17, 15) is 19.8 Å². The topological polar surface area (TPSA) is 152 Å². The Balaban J connectivity index is 0.000000300. The molecular weight excluding hydrogens is 392 g/mol. The Kier molecular flexibility index (Phi) is 9.34. The van der Waals surface area contributed by atoms with Gasteiger partial charge in [-0.15, -0.1) is 0 Å². The van der Waals surface area contributed by atoms with Gasteiger partial charge in [-0.2, -0.15) is 0 Å². The molecule has 0 bridgehead atoms. The summed E-state index contributed by atoms with van der Waals surface area (Å²) in [6, 6.07) is -0.465. The van der Waals surface area contributed by atoms with E-state index in [0.717, 1.165) is 0 Å². The largest absolute Gasteiger partial charge is 0.444 e. The monoisotopic (exact) mass is 432 g/mol. The van der Waals surface area contributed by atoms with E-state index in [1.165, 1.54) is 9.80 Å². The van der Waals surface area contributed by atoms with Crippen molar-refractivity contribution < 1.29 is 29.3 Å². The van der Waals surface area contributed by atoms with E-state index < -0.39 is 23.4 Å². The highest BCUT2D eigenvalue weighted by Gasteiger charge is 2.31. The number of carbonyl (C=O) groups excluding carboxylic acids is 2. The van der Waals surface area contributed by atoms with E-state index in [-0.39, 0.29) is 37.4 Å². The molecule has 2 aliphatic rings. The fourth-order valence-electron chi connectivity index (χ4n) is 2.88. The van der Waals surface area contributed by atoms with Gasteiger partial charge in [-0.05, 0) is 54.4 Å². The standard InChI is InChI=1S/2C10H20N2O3/c2*1-10(2,3)15-9(14)12-5-4-7(11)8(13)6-12/h2*7-8,13H,4-6,11H2,1-3H3/t2*7-,8+/m10/s1. The molecule has 176 valence electrons. The van der Waals surface area contributed by atoms with Crippen LogP contribution in [0.25, 0.3) is 0 Å². The molecule has 10 nitrogen and oxygen atoms in total. The average molecular weight is 433 g/mol. The maximum atomic E-state index is 11.6. The number of nitrogens with zero attached hydrogens (tertiary/aromatic N) is 2. The second-order valence-corrected chi connectivity index (χ2v) is 9.89. The molecule has 0 aromatic rings. The van der Waals surface area contributed by atoms with Crippen LogP contribution in [0.1, 0.15) is 54.4 Å². The molecule has 0 spiro atoms. The van der Waals surface area contributed by atoms with E-state index in [2.05, 4.69) is 0 Å². The van der Waals surface area contributed by atoms with Gasteiger partial charge in [0.1, 0.15) is 11.2 Å². The minimum Gasteiger partial charge on any atom is -0.444 e. The molecule has 2 amide bonds. The molecule has 6 N–H and O–H groups in total. The van der Waals surface area contributed by atoms with Crippen LogP contribution in [0.2, 0.25) is 0 Å². The van der Waals surface area contributed by atoms with E-state index in [0.29, 0.717) is 25.9 Å². The first-order chi connectivity index (χ1) is 13.6. The highest BCUT2D eigenvalue weighted by atomic mass is 16.6. The molecule has 0 unspecified atom stereocenters. The van der Waals surface area contributed by atoms with Crippen molar-refractivity contribution in [3.8, 4) is 0 Å². The van der Waals surface area contributed by atoms with E-state index >= 15 is 0 Å². The normalized spacial score (nSPS) is 27.7. The van der Waals surface area contributed by atoms with Gasteiger partial charge in [-0.3, -0.25) is 0 Å². The SMILES string of the molecule is CC(C)(C)OC(=O)N1CC[C@@H](N)[C@@H](O)C1.CC(C)(C)OC(=O)N1CC[C@H](N)[C@H](O)C1. The molecule has 2 heterocycles. The van der Waals surface area contributed by atoms with E-state index in [4.69, 9.17) is 20.9 Å². The third-order valence-corrected chi connectivity index (χ3v) is 4.57. The van der Waals surface area contributed by atoms with Crippen molar-refractivity contribution >= 4 is 12.2 Å². The third kappa shape index (κ3) is 9.46. The summed E-state index contributed by atoms with van der Waals surface area (Å²) in [5.41, 5.74) is 10.3. The lowest BCUT2D eigenvalue weighted by molar-refractivity contribution is -0.00110. The van der Waals surface area contributed by atoms with Crippen LogP contribution in [0.3, 0.4) is 0 Å². The smallest absolute Gasteiger partial charge is 0.410 e.